The van der Waals surface area contributed by atoms with Gasteiger partial charge in [0.2, 0.25) is 15.9 Å². The fraction of sp³-hybridized carbons (Fsp3) is 0.240. The van der Waals surface area contributed by atoms with Crippen molar-refractivity contribution >= 4 is 33.2 Å². The summed E-state index contributed by atoms with van der Waals surface area (Å²) in [6.45, 7) is 3.53. The van der Waals surface area contributed by atoms with E-state index in [1.165, 1.54) is 13.2 Å². The summed E-state index contributed by atoms with van der Waals surface area (Å²) in [6, 6.07) is 20.5. The van der Waals surface area contributed by atoms with Crippen molar-refractivity contribution < 1.29 is 17.9 Å². The van der Waals surface area contributed by atoms with Gasteiger partial charge in [-0.25, -0.2) is 8.42 Å². The van der Waals surface area contributed by atoms with Crippen LogP contribution in [-0.2, 0) is 14.8 Å². The van der Waals surface area contributed by atoms with E-state index < -0.39 is 28.0 Å². The van der Waals surface area contributed by atoms with Gasteiger partial charge in [0.1, 0.15) is 11.8 Å². The number of ether oxygens (including phenoxy) is 1. The van der Waals surface area contributed by atoms with Crippen molar-refractivity contribution in [3.8, 4) is 5.75 Å². The number of benzene rings is 3. The molecule has 1 amide bonds. The van der Waals surface area contributed by atoms with Crippen LogP contribution in [0.2, 0.25) is 5.02 Å². The van der Waals surface area contributed by atoms with E-state index in [2.05, 4.69) is 5.32 Å². The maximum absolute atomic E-state index is 13.4. The molecular weight excluding hydrogens is 460 g/mol. The lowest BCUT2D eigenvalue weighted by atomic mass is 9.94. The van der Waals surface area contributed by atoms with Gasteiger partial charge in [-0.2, -0.15) is 0 Å². The summed E-state index contributed by atoms with van der Waals surface area (Å²) in [5.41, 5.74) is 3.12. The minimum Gasteiger partial charge on any atom is -0.495 e. The quantitative estimate of drug-likeness (QED) is 0.500. The Morgan fingerprint density at radius 1 is 1.03 bits per heavy atom. The fourth-order valence-electron chi connectivity index (χ4n) is 3.76. The zero-order valence-corrected chi connectivity index (χ0v) is 20.5. The van der Waals surface area contributed by atoms with Crippen LogP contribution in [0, 0.1) is 6.92 Å². The second kappa shape index (κ2) is 10.3. The van der Waals surface area contributed by atoms with Gasteiger partial charge in [-0.1, -0.05) is 66.2 Å². The molecule has 6 nitrogen and oxygen atoms in total. The molecule has 8 heteroatoms. The first-order valence-electron chi connectivity index (χ1n) is 10.4. The fourth-order valence-corrected chi connectivity index (χ4v) is 5.18. The molecule has 0 saturated carbocycles. The summed E-state index contributed by atoms with van der Waals surface area (Å²) in [7, 11) is -2.33. The summed E-state index contributed by atoms with van der Waals surface area (Å²) in [5, 5.41) is 3.30. The summed E-state index contributed by atoms with van der Waals surface area (Å²) >= 11 is 6.22. The number of hydrogen-bond acceptors (Lipinski definition) is 4. The Bertz CT molecular complexity index is 1230. The van der Waals surface area contributed by atoms with Crippen molar-refractivity contribution in [2.45, 2.75) is 25.9 Å². The highest BCUT2D eigenvalue weighted by Gasteiger charge is 2.31. The normalized spacial score (nSPS) is 13.1. The first-order chi connectivity index (χ1) is 15.6. The zero-order valence-electron chi connectivity index (χ0n) is 18.9. The van der Waals surface area contributed by atoms with Crippen LogP contribution in [0.3, 0.4) is 0 Å². The third kappa shape index (κ3) is 5.67. The van der Waals surface area contributed by atoms with Gasteiger partial charge in [0.15, 0.2) is 0 Å². The largest absolute Gasteiger partial charge is 0.495 e. The van der Waals surface area contributed by atoms with E-state index in [0.29, 0.717) is 5.75 Å². The van der Waals surface area contributed by atoms with E-state index in [1.807, 2.05) is 61.5 Å². The molecule has 2 atom stereocenters. The number of carbonyl (C=O) groups excluding carboxylic acids is 1. The molecule has 0 aliphatic rings. The van der Waals surface area contributed by atoms with E-state index in [4.69, 9.17) is 16.3 Å². The molecule has 0 saturated heterocycles. The minimum atomic E-state index is -3.80. The van der Waals surface area contributed by atoms with Crippen molar-refractivity contribution in [2.24, 2.45) is 0 Å². The number of anilines is 1. The number of nitrogens with one attached hydrogen (secondary N) is 1. The van der Waals surface area contributed by atoms with Crippen molar-refractivity contribution in [3.63, 3.8) is 0 Å². The number of nitrogens with zero attached hydrogens (tertiary/aromatic N) is 1. The third-order valence-corrected chi connectivity index (χ3v) is 6.93. The van der Waals surface area contributed by atoms with Crippen molar-refractivity contribution in [1.29, 1.82) is 0 Å². The first kappa shape index (κ1) is 24.6. The predicted octanol–water partition coefficient (Wildman–Crippen LogP) is 4.72. The summed E-state index contributed by atoms with van der Waals surface area (Å²) < 4.78 is 31.6. The number of aryl methyl sites for hydroxylation is 1. The molecule has 0 aromatic heterocycles. The average molecular weight is 487 g/mol. The highest BCUT2D eigenvalue weighted by Crippen LogP contribution is 2.32. The molecule has 3 aromatic rings. The standard InChI is InChI=1S/C25H27ClN2O4S/c1-17-10-8-9-13-21(17)24(19-11-6-5-7-12-19)27-25(29)18(2)28(33(4,30)31)20-14-15-23(32-3)22(26)16-20/h5-16,18,24H,1-4H3,(H,27,29)/t18-,24-/m1/s1. The molecular formula is C25H27ClN2O4S. The average Bonchev–Trinajstić information content (AvgIpc) is 2.78. The lowest BCUT2D eigenvalue weighted by molar-refractivity contribution is -0.122. The van der Waals surface area contributed by atoms with Crippen LogP contribution in [-0.4, -0.2) is 33.7 Å². The van der Waals surface area contributed by atoms with Gasteiger partial charge < -0.3 is 10.1 Å². The number of rotatable bonds is 8. The smallest absolute Gasteiger partial charge is 0.244 e. The van der Waals surface area contributed by atoms with Gasteiger partial charge >= 0.3 is 0 Å². The van der Waals surface area contributed by atoms with Crippen LogP contribution in [0.4, 0.5) is 5.69 Å². The monoisotopic (exact) mass is 486 g/mol. The lowest BCUT2D eigenvalue weighted by Gasteiger charge is -2.30. The van der Waals surface area contributed by atoms with E-state index in [9.17, 15) is 13.2 Å². The summed E-state index contributed by atoms with van der Waals surface area (Å²) in [6.07, 6.45) is 1.06. The molecule has 3 rings (SSSR count). The van der Waals surface area contributed by atoms with Crippen LogP contribution >= 0.6 is 11.6 Å². The maximum atomic E-state index is 13.4. The molecule has 0 unspecified atom stereocenters. The molecule has 0 heterocycles. The number of carbonyl (C=O) groups is 1. The Kier molecular flexibility index (Phi) is 7.66. The van der Waals surface area contributed by atoms with Gasteiger partial charge in [-0.3, -0.25) is 9.10 Å². The molecule has 0 radical (unpaired) electrons. The number of methoxy groups -OCH3 is 1. The van der Waals surface area contributed by atoms with E-state index in [-0.39, 0.29) is 10.7 Å². The number of hydrogen-bond donors (Lipinski definition) is 1. The van der Waals surface area contributed by atoms with Crippen LogP contribution in [0.1, 0.15) is 29.7 Å². The van der Waals surface area contributed by atoms with Crippen molar-refractivity contribution in [3.05, 3.63) is 94.5 Å². The molecule has 0 spiro atoms. The lowest BCUT2D eigenvalue weighted by Crippen LogP contribution is -2.48. The molecule has 0 bridgehead atoms. The van der Waals surface area contributed by atoms with Crippen molar-refractivity contribution in [1.82, 2.24) is 5.32 Å². The first-order valence-corrected chi connectivity index (χ1v) is 12.6. The van der Waals surface area contributed by atoms with Crippen LogP contribution in [0.15, 0.2) is 72.8 Å². The minimum absolute atomic E-state index is 0.248. The van der Waals surface area contributed by atoms with Gasteiger partial charge in [-0.05, 0) is 48.7 Å². The Morgan fingerprint density at radius 2 is 1.67 bits per heavy atom. The van der Waals surface area contributed by atoms with Gasteiger partial charge in [0.05, 0.1) is 30.1 Å². The van der Waals surface area contributed by atoms with Gasteiger partial charge in [0.25, 0.3) is 0 Å². The number of halogens is 1. The predicted molar refractivity (Wildman–Crippen MR) is 132 cm³/mol. The highest BCUT2D eigenvalue weighted by atomic mass is 35.5. The second-order valence-corrected chi connectivity index (χ2v) is 10.0. The maximum Gasteiger partial charge on any atom is 0.244 e. The summed E-state index contributed by atoms with van der Waals surface area (Å²) in [5.74, 6) is -0.0286. The van der Waals surface area contributed by atoms with E-state index in [1.54, 1.807) is 19.1 Å². The molecule has 0 fully saturated rings. The van der Waals surface area contributed by atoms with Crippen LogP contribution in [0.5, 0.6) is 5.75 Å². The topological polar surface area (TPSA) is 75.7 Å². The van der Waals surface area contributed by atoms with E-state index >= 15 is 0 Å². The second-order valence-electron chi connectivity index (χ2n) is 7.76. The Labute approximate surface area is 200 Å². The Balaban J connectivity index is 1.98. The van der Waals surface area contributed by atoms with Gasteiger partial charge in [0, 0.05) is 0 Å². The summed E-state index contributed by atoms with van der Waals surface area (Å²) in [4.78, 5) is 13.4. The number of amides is 1. The zero-order chi connectivity index (χ0) is 24.2. The highest BCUT2D eigenvalue weighted by molar-refractivity contribution is 7.92. The molecule has 1 N–H and O–H groups in total. The third-order valence-electron chi connectivity index (χ3n) is 5.40. The van der Waals surface area contributed by atoms with Crippen LogP contribution < -0.4 is 14.4 Å². The van der Waals surface area contributed by atoms with Crippen molar-refractivity contribution in [2.75, 3.05) is 17.7 Å². The molecule has 174 valence electrons. The molecule has 33 heavy (non-hydrogen) atoms. The molecule has 0 aliphatic carbocycles. The number of sulfonamides is 1. The molecule has 3 aromatic carbocycles. The Hall–Kier alpha value is -3.03. The van der Waals surface area contributed by atoms with Crippen LogP contribution in [0.25, 0.3) is 0 Å². The SMILES string of the molecule is COc1ccc(N([C@H](C)C(=O)N[C@H](c2ccccc2)c2ccccc2C)S(C)(=O)=O)cc1Cl. The van der Waals surface area contributed by atoms with E-state index in [0.717, 1.165) is 27.3 Å². The molecule has 0 aliphatic heterocycles. The Morgan fingerprint density at radius 3 is 2.24 bits per heavy atom. The van der Waals surface area contributed by atoms with Gasteiger partial charge in [-0.15, -0.1) is 0 Å².